The number of hydrogen-bond acceptors (Lipinski definition) is 5. The smallest absolute Gasteiger partial charge is 0.281 e. The van der Waals surface area contributed by atoms with Gasteiger partial charge < -0.3 is 4.90 Å². The Labute approximate surface area is 189 Å². The number of amides is 1. The summed E-state index contributed by atoms with van der Waals surface area (Å²) in [5.41, 5.74) is 1.77. The molecule has 1 amide bonds. The summed E-state index contributed by atoms with van der Waals surface area (Å²) >= 11 is 0. The van der Waals surface area contributed by atoms with Crippen LogP contribution in [0.4, 0.5) is 0 Å². The van der Waals surface area contributed by atoms with Crippen molar-refractivity contribution >= 4 is 26.1 Å². The molecule has 2 aromatic rings. The zero-order valence-corrected chi connectivity index (χ0v) is 20.0. The minimum absolute atomic E-state index is 0.0104. The number of benzene rings is 2. The molecule has 1 aliphatic rings. The van der Waals surface area contributed by atoms with Crippen molar-refractivity contribution in [3.63, 3.8) is 0 Å². The van der Waals surface area contributed by atoms with Crippen molar-refractivity contribution in [2.75, 3.05) is 40.3 Å². The molecular formula is C21H28N4O5S2. The molecule has 11 heteroatoms. The highest BCUT2D eigenvalue weighted by molar-refractivity contribution is 7.89. The molecule has 9 nitrogen and oxygen atoms in total. The van der Waals surface area contributed by atoms with Gasteiger partial charge in [-0.05, 0) is 30.2 Å². The number of nitrogens with zero attached hydrogens (tertiary/aromatic N) is 3. The summed E-state index contributed by atoms with van der Waals surface area (Å²) in [6.07, 6.45) is 0. The monoisotopic (exact) mass is 480 g/mol. The number of carbonyl (C=O) groups is 1. The highest BCUT2D eigenvalue weighted by Crippen LogP contribution is 2.19. The van der Waals surface area contributed by atoms with Crippen LogP contribution in [0.2, 0.25) is 0 Å². The molecule has 1 fully saturated rings. The van der Waals surface area contributed by atoms with E-state index < -0.39 is 20.2 Å². The van der Waals surface area contributed by atoms with Crippen LogP contribution in [0, 0.1) is 6.92 Å². The summed E-state index contributed by atoms with van der Waals surface area (Å²) in [4.78, 5) is 14.7. The normalized spacial score (nSPS) is 15.8. The first-order valence-electron chi connectivity index (χ1n) is 10.1. The quantitative estimate of drug-likeness (QED) is 0.637. The van der Waals surface area contributed by atoms with Crippen molar-refractivity contribution < 1.29 is 21.6 Å². The van der Waals surface area contributed by atoms with Crippen LogP contribution in [0.3, 0.4) is 0 Å². The maximum absolute atomic E-state index is 13.1. The molecular weight excluding hydrogens is 452 g/mol. The first-order valence-corrected chi connectivity index (χ1v) is 13.0. The van der Waals surface area contributed by atoms with Crippen molar-refractivity contribution in [1.82, 2.24) is 18.2 Å². The Balaban J connectivity index is 1.73. The highest BCUT2D eigenvalue weighted by atomic mass is 32.2. The van der Waals surface area contributed by atoms with Gasteiger partial charge in [-0.25, -0.2) is 13.1 Å². The summed E-state index contributed by atoms with van der Waals surface area (Å²) in [5, 5.41) is 0. The highest BCUT2D eigenvalue weighted by Gasteiger charge is 2.31. The molecule has 0 radical (unpaired) electrons. The fourth-order valence-electron chi connectivity index (χ4n) is 3.38. The molecule has 1 heterocycles. The van der Waals surface area contributed by atoms with Gasteiger partial charge in [0.25, 0.3) is 16.1 Å². The number of hydrogen-bond donors (Lipinski definition) is 1. The van der Waals surface area contributed by atoms with Gasteiger partial charge in [-0.1, -0.05) is 36.4 Å². The van der Waals surface area contributed by atoms with E-state index >= 15 is 0 Å². The van der Waals surface area contributed by atoms with Gasteiger partial charge in [-0.3, -0.25) is 4.79 Å². The molecule has 0 spiro atoms. The third-order valence-corrected chi connectivity index (χ3v) is 8.71. The van der Waals surface area contributed by atoms with Gasteiger partial charge in [0.15, 0.2) is 0 Å². The molecule has 174 valence electrons. The summed E-state index contributed by atoms with van der Waals surface area (Å²) in [6.45, 7) is 2.71. The van der Waals surface area contributed by atoms with E-state index in [1.165, 1.54) is 30.5 Å². The lowest BCUT2D eigenvalue weighted by Gasteiger charge is -2.35. The predicted octanol–water partition coefficient (Wildman–Crippen LogP) is 1.04. The van der Waals surface area contributed by atoms with Crippen LogP contribution in [0.5, 0.6) is 0 Å². The Bertz CT molecular complexity index is 1170. The Hall–Kier alpha value is -2.31. The molecule has 0 aromatic heterocycles. The van der Waals surface area contributed by atoms with Crippen LogP contribution in [0.25, 0.3) is 0 Å². The summed E-state index contributed by atoms with van der Waals surface area (Å²) < 4.78 is 55.1. The van der Waals surface area contributed by atoms with Crippen LogP contribution in [-0.4, -0.2) is 76.5 Å². The third kappa shape index (κ3) is 5.36. The van der Waals surface area contributed by atoms with E-state index in [0.717, 1.165) is 9.87 Å². The number of carbonyl (C=O) groups excluding carboxylic acids is 1. The summed E-state index contributed by atoms with van der Waals surface area (Å²) in [5.74, 6) is -0.315. The van der Waals surface area contributed by atoms with E-state index in [-0.39, 0.29) is 49.1 Å². The number of sulfonamides is 1. The average molecular weight is 481 g/mol. The number of nitrogens with one attached hydrogen (secondary N) is 1. The van der Waals surface area contributed by atoms with E-state index in [0.29, 0.717) is 5.56 Å². The Morgan fingerprint density at radius 1 is 0.969 bits per heavy atom. The second-order valence-electron chi connectivity index (χ2n) is 7.77. The fraction of sp³-hybridized carbons (Fsp3) is 0.381. The van der Waals surface area contributed by atoms with Gasteiger partial charge in [0.2, 0.25) is 10.0 Å². The maximum atomic E-state index is 13.1. The molecule has 3 rings (SSSR count). The van der Waals surface area contributed by atoms with Crippen LogP contribution in [0.15, 0.2) is 53.4 Å². The standard InChI is InChI=1S/C21H28N4O5S2/c1-17-9-10-19(31(27,28)22-16-18-7-5-4-6-8-18)15-20(17)21(26)24-11-13-25(14-12-24)32(29,30)23(2)3/h4-10,15,22H,11-14,16H2,1-3H3. The largest absolute Gasteiger partial charge is 0.336 e. The van der Waals surface area contributed by atoms with Gasteiger partial charge in [0.1, 0.15) is 0 Å². The van der Waals surface area contributed by atoms with E-state index in [4.69, 9.17) is 0 Å². The van der Waals surface area contributed by atoms with Crippen molar-refractivity contribution in [3.8, 4) is 0 Å². The minimum atomic E-state index is -3.81. The molecule has 32 heavy (non-hydrogen) atoms. The number of rotatable bonds is 7. The zero-order valence-electron chi connectivity index (χ0n) is 18.4. The predicted molar refractivity (Wildman–Crippen MR) is 122 cm³/mol. The Kier molecular flexibility index (Phi) is 7.36. The Morgan fingerprint density at radius 3 is 2.19 bits per heavy atom. The van der Waals surface area contributed by atoms with Gasteiger partial charge in [0.05, 0.1) is 4.90 Å². The Morgan fingerprint density at radius 2 is 1.59 bits per heavy atom. The molecule has 0 aliphatic carbocycles. The first-order chi connectivity index (χ1) is 15.0. The lowest BCUT2D eigenvalue weighted by Crippen LogP contribution is -2.53. The maximum Gasteiger partial charge on any atom is 0.281 e. The van der Waals surface area contributed by atoms with Crippen molar-refractivity contribution in [2.24, 2.45) is 0 Å². The van der Waals surface area contributed by atoms with Gasteiger partial charge in [-0.2, -0.15) is 17.0 Å². The number of aryl methyl sites for hydroxylation is 1. The fourth-order valence-corrected chi connectivity index (χ4v) is 5.51. The minimum Gasteiger partial charge on any atom is -0.336 e. The van der Waals surface area contributed by atoms with Crippen molar-refractivity contribution in [2.45, 2.75) is 18.4 Å². The van der Waals surface area contributed by atoms with Gasteiger partial charge in [0, 0.05) is 52.4 Å². The second-order valence-corrected chi connectivity index (χ2v) is 11.7. The van der Waals surface area contributed by atoms with Crippen LogP contribution < -0.4 is 4.72 Å². The van der Waals surface area contributed by atoms with E-state index in [1.54, 1.807) is 17.9 Å². The van der Waals surface area contributed by atoms with Crippen molar-refractivity contribution in [1.29, 1.82) is 0 Å². The van der Waals surface area contributed by atoms with Crippen LogP contribution in [0.1, 0.15) is 21.5 Å². The molecule has 2 aromatic carbocycles. The average Bonchev–Trinajstić information content (AvgIpc) is 2.78. The van der Waals surface area contributed by atoms with Crippen molar-refractivity contribution in [3.05, 3.63) is 65.2 Å². The third-order valence-electron chi connectivity index (χ3n) is 5.37. The molecule has 1 aliphatic heterocycles. The molecule has 1 saturated heterocycles. The first kappa shape index (κ1) is 24.3. The van der Waals surface area contributed by atoms with Crippen LogP contribution >= 0.6 is 0 Å². The second kappa shape index (κ2) is 9.67. The lowest BCUT2D eigenvalue weighted by molar-refractivity contribution is 0.0694. The van der Waals surface area contributed by atoms with Gasteiger partial charge >= 0.3 is 0 Å². The number of piperazine rings is 1. The SMILES string of the molecule is Cc1ccc(S(=O)(=O)NCc2ccccc2)cc1C(=O)N1CCN(S(=O)(=O)N(C)C)CC1. The molecule has 0 atom stereocenters. The summed E-state index contributed by atoms with van der Waals surface area (Å²) in [7, 11) is -4.42. The van der Waals surface area contributed by atoms with E-state index in [1.807, 2.05) is 30.3 Å². The van der Waals surface area contributed by atoms with E-state index in [9.17, 15) is 21.6 Å². The summed E-state index contributed by atoms with van der Waals surface area (Å²) in [6, 6.07) is 13.6. The topological polar surface area (TPSA) is 107 Å². The lowest BCUT2D eigenvalue weighted by atomic mass is 10.1. The van der Waals surface area contributed by atoms with E-state index in [2.05, 4.69) is 4.72 Å². The zero-order chi connectivity index (χ0) is 23.5. The molecule has 0 saturated carbocycles. The van der Waals surface area contributed by atoms with Crippen LogP contribution in [-0.2, 0) is 26.8 Å². The molecule has 1 N–H and O–H groups in total. The van der Waals surface area contributed by atoms with Gasteiger partial charge in [-0.15, -0.1) is 0 Å². The molecule has 0 unspecified atom stereocenters. The molecule has 0 bridgehead atoms.